The number of thioether (sulfide) groups is 1. The molecule has 1 aromatic heterocycles. The number of nitrogens with one attached hydrogen (secondary N) is 1. The van der Waals surface area contributed by atoms with Crippen molar-refractivity contribution in [2.75, 3.05) is 11.1 Å². The first kappa shape index (κ1) is 23.7. The number of amides is 1. The summed E-state index contributed by atoms with van der Waals surface area (Å²) in [5.41, 5.74) is -0.501. The van der Waals surface area contributed by atoms with Crippen molar-refractivity contribution < 1.29 is 22.9 Å². The van der Waals surface area contributed by atoms with Crippen LogP contribution in [0.3, 0.4) is 0 Å². The van der Waals surface area contributed by atoms with Crippen molar-refractivity contribution in [3.8, 4) is 11.4 Å². The number of halogens is 3. The van der Waals surface area contributed by atoms with E-state index in [1.165, 1.54) is 0 Å². The summed E-state index contributed by atoms with van der Waals surface area (Å²) in [5, 5.41) is 22.5. The molecule has 1 amide bonds. The van der Waals surface area contributed by atoms with Gasteiger partial charge in [-0.2, -0.15) is 13.2 Å². The standard InChI is InChI=1S/C22H20F3N5O3S/c23-22(24,25)15-8-9-18(17(12-15)30(32)33)34-13-20(31)26-16-6-4-5-14(11-16)21-28-27-19-7-2-1-3-10-29(19)21/h4-6,8-9,11-12H,1-3,7,10,13H2,(H,26,31). The Bertz CT molecular complexity index is 1230. The van der Waals surface area contributed by atoms with E-state index in [2.05, 4.69) is 20.1 Å². The monoisotopic (exact) mass is 491 g/mol. The highest BCUT2D eigenvalue weighted by Crippen LogP contribution is 2.36. The van der Waals surface area contributed by atoms with Gasteiger partial charge in [0.25, 0.3) is 5.69 Å². The van der Waals surface area contributed by atoms with Gasteiger partial charge in [0.2, 0.25) is 5.91 Å². The fraction of sp³-hybridized carbons (Fsp3) is 0.318. The number of aryl methyl sites for hydroxylation is 1. The molecule has 2 heterocycles. The number of rotatable bonds is 6. The number of nitro groups is 1. The molecule has 0 saturated carbocycles. The highest BCUT2D eigenvalue weighted by atomic mass is 32.2. The van der Waals surface area contributed by atoms with Crippen LogP contribution in [0.1, 0.15) is 30.7 Å². The van der Waals surface area contributed by atoms with E-state index in [1.807, 2.05) is 6.07 Å². The van der Waals surface area contributed by atoms with Crippen LogP contribution >= 0.6 is 11.8 Å². The molecule has 1 N–H and O–H groups in total. The van der Waals surface area contributed by atoms with Gasteiger partial charge in [-0.1, -0.05) is 18.6 Å². The highest BCUT2D eigenvalue weighted by molar-refractivity contribution is 8.00. The van der Waals surface area contributed by atoms with Gasteiger partial charge in [0.15, 0.2) is 5.82 Å². The molecule has 178 valence electrons. The molecule has 0 spiro atoms. The van der Waals surface area contributed by atoms with Crippen LogP contribution in [0, 0.1) is 10.1 Å². The molecular weight excluding hydrogens is 471 g/mol. The molecule has 1 aliphatic heterocycles. The third kappa shape index (κ3) is 5.38. The number of nitro benzene ring substituents is 1. The van der Waals surface area contributed by atoms with Crippen LogP contribution in [0.2, 0.25) is 0 Å². The first-order valence-electron chi connectivity index (χ1n) is 10.5. The maximum absolute atomic E-state index is 12.9. The smallest absolute Gasteiger partial charge is 0.325 e. The molecular formula is C22H20F3N5O3S. The Balaban J connectivity index is 1.45. The van der Waals surface area contributed by atoms with Crippen molar-refractivity contribution in [3.05, 3.63) is 64.0 Å². The van der Waals surface area contributed by atoms with Crippen molar-refractivity contribution in [2.24, 2.45) is 0 Å². The van der Waals surface area contributed by atoms with E-state index in [0.717, 1.165) is 73.3 Å². The molecule has 0 unspecified atom stereocenters. The SMILES string of the molecule is O=C(CSc1ccc(C(F)(F)F)cc1[N+](=O)[O-])Nc1cccc(-c2nnc3n2CCCCC3)c1. The molecule has 34 heavy (non-hydrogen) atoms. The average molecular weight is 491 g/mol. The Hall–Kier alpha value is -3.41. The summed E-state index contributed by atoms with van der Waals surface area (Å²) in [6.07, 6.45) is -0.575. The van der Waals surface area contributed by atoms with Crippen molar-refractivity contribution >= 4 is 29.0 Å². The van der Waals surface area contributed by atoms with E-state index >= 15 is 0 Å². The molecule has 0 radical (unpaired) electrons. The number of alkyl halides is 3. The van der Waals surface area contributed by atoms with E-state index in [9.17, 15) is 28.1 Å². The van der Waals surface area contributed by atoms with Gasteiger partial charge < -0.3 is 9.88 Å². The first-order chi connectivity index (χ1) is 16.2. The summed E-state index contributed by atoms with van der Waals surface area (Å²) in [6.45, 7) is 0.830. The molecule has 0 bridgehead atoms. The summed E-state index contributed by atoms with van der Waals surface area (Å²) in [5.74, 6) is 1.01. The van der Waals surface area contributed by atoms with Gasteiger partial charge >= 0.3 is 6.18 Å². The van der Waals surface area contributed by atoms with E-state index < -0.39 is 28.3 Å². The quantitative estimate of drug-likeness (QED) is 0.284. The van der Waals surface area contributed by atoms with Crippen LogP contribution in [-0.4, -0.2) is 31.3 Å². The second kappa shape index (κ2) is 9.84. The number of carbonyl (C=O) groups is 1. The van der Waals surface area contributed by atoms with Gasteiger partial charge in [-0.15, -0.1) is 22.0 Å². The van der Waals surface area contributed by atoms with Gasteiger partial charge in [-0.3, -0.25) is 14.9 Å². The average Bonchev–Trinajstić information content (AvgIpc) is 3.05. The summed E-state index contributed by atoms with van der Waals surface area (Å²) in [7, 11) is 0. The van der Waals surface area contributed by atoms with E-state index in [0.29, 0.717) is 11.8 Å². The molecule has 0 fully saturated rings. The van der Waals surface area contributed by atoms with E-state index in [4.69, 9.17) is 0 Å². The normalized spacial score (nSPS) is 13.7. The number of hydrogen-bond donors (Lipinski definition) is 1. The largest absolute Gasteiger partial charge is 0.416 e. The predicted molar refractivity (Wildman–Crippen MR) is 120 cm³/mol. The molecule has 4 rings (SSSR count). The lowest BCUT2D eigenvalue weighted by Crippen LogP contribution is -2.14. The van der Waals surface area contributed by atoms with Crippen LogP contribution in [0.5, 0.6) is 0 Å². The Morgan fingerprint density at radius 1 is 1.15 bits per heavy atom. The van der Waals surface area contributed by atoms with Crippen LogP contribution in [0.4, 0.5) is 24.5 Å². The van der Waals surface area contributed by atoms with E-state index in [1.54, 1.807) is 18.2 Å². The fourth-order valence-corrected chi connectivity index (χ4v) is 4.54. The molecule has 0 saturated heterocycles. The zero-order chi connectivity index (χ0) is 24.3. The van der Waals surface area contributed by atoms with Crippen LogP contribution in [-0.2, 0) is 23.9 Å². The number of carbonyl (C=O) groups excluding carboxylic acids is 1. The molecule has 0 aliphatic carbocycles. The van der Waals surface area contributed by atoms with Gasteiger partial charge in [-0.05, 0) is 37.1 Å². The lowest BCUT2D eigenvalue weighted by molar-refractivity contribution is -0.388. The number of anilines is 1. The van der Waals surface area contributed by atoms with Crippen molar-refractivity contribution in [1.29, 1.82) is 0 Å². The summed E-state index contributed by atoms with van der Waals surface area (Å²) < 4.78 is 40.7. The zero-order valence-electron chi connectivity index (χ0n) is 17.8. The predicted octanol–water partition coefficient (Wildman–Crippen LogP) is 5.33. The second-order valence-electron chi connectivity index (χ2n) is 7.76. The maximum atomic E-state index is 12.9. The number of benzene rings is 2. The molecule has 2 aromatic carbocycles. The Morgan fingerprint density at radius 3 is 2.74 bits per heavy atom. The number of aromatic nitrogens is 3. The minimum atomic E-state index is -4.70. The third-order valence-corrected chi connectivity index (χ3v) is 6.42. The maximum Gasteiger partial charge on any atom is 0.416 e. The molecule has 0 atom stereocenters. The minimum Gasteiger partial charge on any atom is -0.325 e. The third-order valence-electron chi connectivity index (χ3n) is 5.36. The fourth-order valence-electron chi connectivity index (χ4n) is 3.73. The van der Waals surface area contributed by atoms with Crippen molar-refractivity contribution in [3.63, 3.8) is 0 Å². The number of hydrogen-bond acceptors (Lipinski definition) is 6. The Labute approximate surface area is 196 Å². The highest BCUT2D eigenvalue weighted by Gasteiger charge is 2.33. The molecule has 1 aliphatic rings. The number of nitrogens with zero attached hydrogens (tertiary/aromatic N) is 4. The topological polar surface area (TPSA) is 103 Å². The van der Waals surface area contributed by atoms with Crippen molar-refractivity contribution in [2.45, 2.75) is 43.3 Å². The lowest BCUT2D eigenvalue weighted by Gasteiger charge is -2.10. The van der Waals surface area contributed by atoms with Crippen LogP contribution in [0.15, 0.2) is 47.4 Å². The minimum absolute atomic E-state index is 0.0203. The second-order valence-corrected chi connectivity index (χ2v) is 8.77. The zero-order valence-corrected chi connectivity index (χ0v) is 18.7. The number of fused-ring (bicyclic) bond motifs is 1. The molecule has 3 aromatic rings. The summed E-state index contributed by atoms with van der Waals surface area (Å²) in [4.78, 5) is 22.8. The molecule has 12 heteroatoms. The van der Waals surface area contributed by atoms with Crippen molar-refractivity contribution in [1.82, 2.24) is 14.8 Å². The lowest BCUT2D eigenvalue weighted by atomic mass is 10.2. The van der Waals surface area contributed by atoms with Gasteiger partial charge in [-0.25, -0.2) is 0 Å². The summed E-state index contributed by atoms with van der Waals surface area (Å²) >= 11 is 0.797. The van der Waals surface area contributed by atoms with Crippen LogP contribution in [0.25, 0.3) is 11.4 Å². The first-order valence-corrected chi connectivity index (χ1v) is 11.5. The Kier molecular flexibility index (Phi) is 6.87. The Morgan fingerprint density at radius 2 is 1.97 bits per heavy atom. The van der Waals surface area contributed by atoms with Gasteiger partial charge in [0, 0.05) is 30.3 Å². The van der Waals surface area contributed by atoms with Gasteiger partial charge in [0.1, 0.15) is 5.82 Å². The van der Waals surface area contributed by atoms with E-state index in [-0.39, 0.29) is 10.6 Å². The van der Waals surface area contributed by atoms with Crippen LogP contribution < -0.4 is 5.32 Å². The summed E-state index contributed by atoms with van der Waals surface area (Å²) in [6, 6.07) is 9.37. The van der Waals surface area contributed by atoms with Gasteiger partial charge in [0.05, 0.1) is 21.1 Å². The molecule has 8 nitrogen and oxygen atoms in total.